The van der Waals surface area contributed by atoms with E-state index >= 15 is 0 Å². The average molecular weight is 396 g/mol. The van der Waals surface area contributed by atoms with Crippen LogP contribution in [0, 0.1) is 10.1 Å². The van der Waals surface area contributed by atoms with E-state index in [0.29, 0.717) is 17.9 Å². The molecule has 0 aromatic heterocycles. The van der Waals surface area contributed by atoms with Crippen molar-refractivity contribution in [2.75, 3.05) is 25.7 Å². The third kappa shape index (κ3) is 3.79. The molecular formula is C20H20N4O5. The minimum absolute atomic E-state index is 0.182. The van der Waals surface area contributed by atoms with E-state index in [1.54, 1.807) is 11.0 Å². The smallest absolute Gasteiger partial charge is 0.282 e. The molecule has 9 heteroatoms. The predicted octanol–water partition coefficient (Wildman–Crippen LogP) is 3.19. The number of hydrogen-bond acceptors (Lipinski definition) is 7. The van der Waals surface area contributed by atoms with Crippen LogP contribution >= 0.6 is 0 Å². The second-order valence-corrected chi connectivity index (χ2v) is 6.19. The summed E-state index contributed by atoms with van der Waals surface area (Å²) in [5.74, 6) is 0.313. The fraction of sp³-hybridized carbons (Fsp3) is 0.250. The molecule has 0 unspecified atom stereocenters. The molecule has 0 spiro atoms. The molecule has 0 bridgehead atoms. The van der Waals surface area contributed by atoms with E-state index in [9.17, 15) is 14.9 Å². The van der Waals surface area contributed by atoms with Gasteiger partial charge in [0.1, 0.15) is 0 Å². The standard InChI is InChI=1S/C20H20N4O5/c1-4-9-23-15-8-6-5-7-14(15)19(20(23)25)22-21-12-13-10-17(28-2)18(29-3)11-16(13)24(26)27/h5-8,10-12H,4,9H2,1-3H3/b21-12-,22-19+. The van der Waals surface area contributed by atoms with Gasteiger partial charge >= 0.3 is 0 Å². The van der Waals surface area contributed by atoms with Gasteiger partial charge in [0, 0.05) is 12.1 Å². The minimum Gasteiger partial charge on any atom is -0.493 e. The lowest BCUT2D eigenvalue weighted by Gasteiger charge is -2.14. The number of rotatable bonds is 7. The Hall–Kier alpha value is -3.75. The van der Waals surface area contributed by atoms with Crippen molar-refractivity contribution in [1.82, 2.24) is 0 Å². The number of carbonyl (C=O) groups excluding carboxylic acids is 1. The first-order chi connectivity index (χ1) is 14.0. The third-order valence-electron chi connectivity index (χ3n) is 4.43. The summed E-state index contributed by atoms with van der Waals surface area (Å²) in [5, 5.41) is 19.4. The van der Waals surface area contributed by atoms with Gasteiger partial charge < -0.3 is 14.4 Å². The number of methoxy groups -OCH3 is 2. The zero-order valence-electron chi connectivity index (χ0n) is 16.3. The Balaban J connectivity index is 2.00. The van der Waals surface area contributed by atoms with Crippen LogP contribution in [0.2, 0.25) is 0 Å². The van der Waals surface area contributed by atoms with Crippen molar-refractivity contribution in [3.05, 3.63) is 57.6 Å². The molecule has 1 aliphatic heterocycles. The highest BCUT2D eigenvalue weighted by Gasteiger charge is 2.33. The van der Waals surface area contributed by atoms with Crippen LogP contribution in [0.5, 0.6) is 11.5 Å². The summed E-state index contributed by atoms with van der Waals surface area (Å²) >= 11 is 0. The Labute approximate surface area is 167 Å². The van der Waals surface area contributed by atoms with E-state index in [2.05, 4.69) is 10.2 Å². The van der Waals surface area contributed by atoms with Crippen LogP contribution in [0.15, 0.2) is 46.6 Å². The van der Waals surface area contributed by atoms with Crippen molar-refractivity contribution >= 4 is 29.2 Å². The van der Waals surface area contributed by atoms with E-state index in [0.717, 1.165) is 12.1 Å². The highest BCUT2D eigenvalue weighted by molar-refractivity contribution is 6.54. The average Bonchev–Trinajstić information content (AvgIpc) is 2.99. The number of nitrogens with zero attached hydrogens (tertiary/aromatic N) is 4. The van der Waals surface area contributed by atoms with Gasteiger partial charge in [0.05, 0.1) is 42.7 Å². The molecule has 0 fully saturated rings. The second kappa shape index (κ2) is 8.51. The van der Waals surface area contributed by atoms with Gasteiger partial charge in [0.25, 0.3) is 11.6 Å². The SMILES string of the molecule is CCCN1C(=O)/C(=N/N=C\c2cc(OC)c(OC)cc2[N+](=O)[O-])c2ccccc21. The van der Waals surface area contributed by atoms with Crippen molar-refractivity contribution < 1.29 is 19.2 Å². The van der Waals surface area contributed by atoms with E-state index < -0.39 is 4.92 Å². The summed E-state index contributed by atoms with van der Waals surface area (Å²) in [5.41, 5.74) is 1.64. The van der Waals surface area contributed by atoms with E-state index in [-0.39, 0.29) is 28.6 Å². The maximum absolute atomic E-state index is 12.7. The number of fused-ring (bicyclic) bond motifs is 1. The number of hydrogen-bond donors (Lipinski definition) is 0. The van der Waals surface area contributed by atoms with Crippen LogP contribution in [-0.4, -0.2) is 43.5 Å². The summed E-state index contributed by atoms with van der Waals surface area (Å²) in [7, 11) is 2.83. The number of nitro benzene ring substituents is 1. The molecule has 0 radical (unpaired) electrons. The Morgan fingerprint density at radius 1 is 1.17 bits per heavy atom. The highest BCUT2D eigenvalue weighted by atomic mass is 16.6. The Bertz CT molecular complexity index is 1020. The van der Waals surface area contributed by atoms with Crippen molar-refractivity contribution in [2.45, 2.75) is 13.3 Å². The monoisotopic (exact) mass is 396 g/mol. The second-order valence-electron chi connectivity index (χ2n) is 6.19. The highest BCUT2D eigenvalue weighted by Crippen LogP contribution is 2.34. The molecule has 1 heterocycles. The van der Waals surface area contributed by atoms with Crippen LogP contribution in [0.3, 0.4) is 0 Å². The minimum atomic E-state index is -0.546. The molecule has 150 valence electrons. The summed E-state index contributed by atoms with van der Waals surface area (Å²) in [6, 6.07) is 10.0. The first-order valence-electron chi connectivity index (χ1n) is 8.94. The molecule has 0 atom stereocenters. The van der Waals surface area contributed by atoms with Crippen LogP contribution in [-0.2, 0) is 4.79 Å². The van der Waals surface area contributed by atoms with Gasteiger partial charge in [-0.1, -0.05) is 25.1 Å². The normalized spacial score (nSPS) is 14.5. The Kier molecular flexibility index (Phi) is 5.87. The number of benzene rings is 2. The summed E-state index contributed by atoms with van der Waals surface area (Å²) in [4.78, 5) is 25.2. The molecule has 0 N–H and O–H groups in total. The van der Waals surface area contributed by atoms with Crippen LogP contribution < -0.4 is 14.4 Å². The fourth-order valence-corrected chi connectivity index (χ4v) is 3.10. The van der Waals surface area contributed by atoms with Crippen LogP contribution in [0.1, 0.15) is 24.5 Å². The molecule has 0 aliphatic carbocycles. The molecule has 1 aliphatic rings. The predicted molar refractivity (Wildman–Crippen MR) is 109 cm³/mol. The third-order valence-corrected chi connectivity index (χ3v) is 4.43. The van der Waals surface area contributed by atoms with Crippen molar-refractivity contribution in [1.29, 1.82) is 0 Å². The van der Waals surface area contributed by atoms with E-state index in [1.807, 2.05) is 25.1 Å². The topological polar surface area (TPSA) is 107 Å². The summed E-state index contributed by atoms with van der Waals surface area (Å²) in [6.45, 7) is 2.55. The molecule has 2 aromatic carbocycles. The number of para-hydroxylation sites is 1. The zero-order chi connectivity index (χ0) is 21.0. The quantitative estimate of drug-likeness (QED) is 0.406. The van der Waals surface area contributed by atoms with Crippen molar-refractivity contribution in [2.24, 2.45) is 10.2 Å². The lowest BCUT2D eigenvalue weighted by atomic mass is 10.1. The number of anilines is 1. The lowest BCUT2D eigenvalue weighted by Crippen LogP contribution is -2.30. The van der Waals surface area contributed by atoms with E-state index in [4.69, 9.17) is 9.47 Å². The molecule has 9 nitrogen and oxygen atoms in total. The molecule has 0 saturated carbocycles. The molecular weight excluding hydrogens is 376 g/mol. The largest absolute Gasteiger partial charge is 0.493 e. The first kappa shape index (κ1) is 20.0. The van der Waals surface area contributed by atoms with Gasteiger partial charge in [-0.05, 0) is 18.6 Å². The van der Waals surface area contributed by atoms with Gasteiger partial charge in [-0.2, -0.15) is 5.10 Å². The Morgan fingerprint density at radius 2 is 1.86 bits per heavy atom. The van der Waals surface area contributed by atoms with Crippen molar-refractivity contribution in [3.8, 4) is 11.5 Å². The molecule has 29 heavy (non-hydrogen) atoms. The maximum Gasteiger partial charge on any atom is 0.282 e. The number of nitro groups is 1. The van der Waals surface area contributed by atoms with Gasteiger partial charge in [-0.25, -0.2) is 0 Å². The van der Waals surface area contributed by atoms with Crippen LogP contribution in [0.25, 0.3) is 0 Å². The van der Waals surface area contributed by atoms with E-state index in [1.165, 1.54) is 32.6 Å². The molecule has 2 aromatic rings. The lowest BCUT2D eigenvalue weighted by molar-refractivity contribution is -0.385. The summed E-state index contributed by atoms with van der Waals surface area (Å²) in [6.07, 6.45) is 2.03. The molecule has 1 amide bonds. The van der Waals surface area contributed by atoms with Gasteiger partial charge in [-0.3, -0.25) is 14.9 Å². The Morgan fingerprint density at radius 3 is 2.52 bits per heavy atom. The van der Waals surface area contributed by atoms with Gasteiger partial charge in [0.2, 0.25) is 0 Å². The molecule has 3 rings (SSSR count). The van der Waals surface area contributed by atoms with Crippen LogP contribution in [0.4, 0.5) is 11.4 Å². The first-order valence-corrected chi connectivity index (χ1v) is 8.94. The fourth-order valence-electron chi connectivity index (χ4n) is 3.10. The van der Waals surface area contributed by atoms with Gasteiger partial charge in [-0.15, -0.1) is 5.10 Å². The summed E-state index contributed by atoms with van der Waals surface area (Å²) < 4.78 is 10.3. The maximum atomic E-state index is 12.7. The van der Waals surface area contributed by atoms with Gasteiger partial charge in [0.15, 0.2) is 17.2 Å². The number of amides is 1. The number of ether oxygens (including phenoxy) is 2. The van der Waals surface area contributed by atoms with Crippen molar-refractivity contribution in [3.63, 3.8) is 0 Å². The molecule has 0 saturated heterocycles. The zero-order valence-corrected chi connectivity index (χ0v) is 16.3. The number of carbonyl (C=O) groups is 1.